The largest absolute Gasteiger partial charge is 0.324 e. The molecule has 0 unspecified atom stereocenters. The lowest BCUT2D eigenvalue weighted by molar-refractivity contribution is -0.116. The number of fused-ring (bicyclic) bond motifs is 1. The number of nitrogens with zero attached hydrogens (tertiary/aromatic N) is 1. The molecule has 0 bridgehead atoms. The fourth-order valence-corrected chi connectivity index (χ4v) is 4.24. The zero-order valence-electron chi connectivity index (χ0n) is 16.2. The Labute approximate surface area is 185 Å². The Morgan fingerprint density at radius 2 is 1.94 bits per heavy atom. The van der Waals surface area contributed by atoms with Gasteiger partial charge in [-0.25, -0.2) is 5.84 Å². The van der Waals surface area contributed by atoms with E-state index in [4.69, 9.17) is 18.1 Å². The number of hydrogen-bond acceptors (Lipinski definition) is 7. The summed E-state index contributed by atoms with van der Waals surface area (Å²) in [7, 11) is -1.91. The number of Topliss-reactive ketones (excluding diaryl/α,β-unsaturated/α-hetero) is 1. The van der Waals surface area contributed by atoms with Gasteiger partial charge in [0.25, 0.3) is 5.91 Å². The van der Waals surface area contributed by atoms with E-state index in [1.807, 2.05) is 0 Å². The number of hydrazone groups is 1. The number of ketones is 1. The second-order valence-corrected chi connectivity index (χ2v) is 8.25. The number of anilines is 2. The molecule has 31 heavy (non-hydrogen) atoms. The molecule has 0 saturated carbocycles. The first-order chi connectivity index (χ1) is 14.8. The van der Waals surface area contributed by atoms with E-state index in [0.717, 1.165) is 0 Å². The Hall–Kier alpha value is -3.48. The predicted octanol–water partition coefficient (Wildman–Crippen LogP) is 0.650. The molecule has 0 saturated heterocycles. The summed E-state index contributed by atoms with van der Waals surface area (Å²) >= 11 is 4.86. The molecule has 12 heteroatoms. The molecule has 2 aromatic rings. The number of nitrogens with two attached hydrogens (primary N) is 1. The van der Waals surface area contributed by atoms with Crippen LogP contribution in [0.2, 0.25) is 0 Å². The van der Waals surface area contributed by atoms with Crippen LogP contribution in [0.15, 0.2) is 58.5 Å². The summed E-state index contributed by atoms with van der Waals surface area (Å²) in [4.78, 5) is 37.7. The summed E-state index contributed by atoms with van der Waals surface area (Å²) < 4.78 is 13.1. The van der Waals surface area contributed by atoms with Gasteiger partial charge >= 0.3 is 0 Å². The fraction of sp³-hybridized carbons (Fsp3) is 0.105. The number of thiocarbonyl (C=S) groups is 1. The molecular formula is C19H18N6O4S2. The first-order valence-corrected chi connectivity index (χ1v) is 10.5. The van der Waals surface area contributed by atoms with Crippen molar-refractivity contribution in [2.75, 3.05) is 10.6 Å². The molecule has 1 aliphatic rings. The van der Waals surface area contributed by atoms with E-state index in [2.05, 4.69) is 26.6 Å². The third-order valence-corrected chi connectivity index (χ3v) is 6.09. The number of carbonyl (C=O) groups is 3. The average molecular weight is 459 g/mol. The van der Waals surface area contributed by atoms with E-state index in [1.54, 1.807) is 42.5 Å². The van der Waals surface area contributed by atoms with Crippen molar-refractivity contribution in [2.24, 2.45) is 10.9 Å². The number of carbonyl (C=O) groups excluding carboxylic acids is 3. The van der Waals surface area contributed by atoms with Gasteiger partial charge < -0.3 is 10.6 Å². The van der Waals surface area contributed by atoms with Gasteiger partial charge in [-0.15, -0.1) is 0 Å². The number of rotatable bonds is 5. The molecule has 2 amide bonds. The van der Waals surface area contributed by atoms with Crippen LogP contribution in [-0.4, -0.2) is 37.9 Å². The second kappa shape index (κ2) is 9.55. The maximum atomic E-state index is 13.1. The van der Waals surface area contributed by atoms with E-state index in [1.165, 1.54) is 13.0 Å². The molecule has 2 atom stereocenters. The second-order valence-electron chi connectivity index (χ2n) is 6.34. The Balaban J connectivity index is 1.97. The van der Waals surface area contributed by atoms with Gasteiger partial charge in [-0.2, -0.15) is 5.10 Å². The third kappa shape index (κ3) is 4.99. The monoisotopic (exact) mass is 458 g/mol. The van der Waals surface area contributed by atoms with Gasteiger partial charge in [0.2, 0.25) is 11.0 Å². The Morgan fingerprint density at radius 1 is 1.19 bits per heavy atom. The minimum absolute atomic E-state index is 0.119. The van der Waals surface area contributed by atoms with Crippen molar-refractivity contribution in [2.45, 2.75) is 17.1 Å². The quantitative estimate of drug-likeness (QED) is 0.144. The maximum Gasteiger partial charge on any atom is 0.273 e. The summed E-state index contributed by atoms with van der Waals surface area (Å²) in [6.07, 6.45) is 0. The van der Waals surface area contributed by atoms with Crippen LogP contribution in [0.5, 0.6) is 0 Å². The van der Waals surface area contributed by atoms with Gasteiger partial charge in [0.05, 0.1) is 21.4 Å². The van der Waals surface area contributed by atoms with Crippen LogP contribution in [0.25, 0.3) is 0 Å². The zero-order chi connectivity index (χ0) is 22.5. The minimum Gasteiger partial charge on any atom is -0.324 e. The molecule has 0 spiro atoms. The van der Waals surface area contributed by atoms with Crippen LogP contribution in [0.4, 0.5) is 11.4 Å². The summed E-state index contributed by atoms with van der Waals surface area (Å²) in [5.41, 5.74) is 5.18. The van der Waals surface area contributed by atoms with E-state index < -0.39 is 27.9 Å². The minimum atomic E-state index is -1.91. The number of nitrogens with one attached hydrogen (secondary N) is 4. The van der Waals surface area contributed by atoms with Gasteiger partial charge in [0, 0.05) is 11.3 Å². The molecule has 1 aliphatic heterocycles. The van der Waals surface area contributed by atoms with Crippen molar-refractivity contribution in [3.63, 3.8) is 0 Å². The van der Waals surface area contributed by atoms with Gasteiger partial charge in [0.1, 0.15) is 0 Å². The SMILES string of the molecule is CC(=O)c1cccc(NC(=O)/C(=N/NC(=S)NN)[C@@H]2C(=O)Nc3ccccc3[S@@]2=O)c1. The van der Waals surface area contributed by atoms with Crippen molar-refractivity contribution in [1.82, 2.24) is 10.9 Å². The summed E-state index contributed by atoms with van der Waals surface area (Å²) in [5, 5.41) is 7.56. The van der Waals surface area contributed by atoms with Crippen LogP contribution >= 0.6 is 12.2 Å². The Bertz CT molecular complexity index is 1130. The van der Waals surface area contributed by atoms with Crippen LogP contribution < -0.4 is 27.3 Å². The predicted molar refractivity (Wildman–Crippen MR) is 121 cm³/mol. The van der Waals surface area contributed by atoms with Crippen molar-refractivity contribution in [3.8, 4) is 0 Å². The van der Waals surface area contributed by atoms with Gasteiger partial charge in [-0.05, 0) is 43.4 Å². The van der Waals surface area contributed by atoms with Gasteiger partial charge in [0.15, 0.2) is 16.7 Å². The molecule has 0 aliphatic carbocycles. The van der Waals surface area contributed by atoms with Crippen LogP contribution in [0.3, 0.4) is 0 Å². The van der Waals surface area contributed by atoms with Crippen molar-refractivity contribution < 1.29 is 18.6 Å². The highest BCUT2D eigenvalue weighted by Crippen LogP contribution is 2.28. The van der Waals surface area contributed by atoms with E-state index >= 15 is 0 Å². The van der Waals surface area contributed by atoms with Crippen molar-refractivity contribution >= 4 is 62.8 Å². The van der Waals surface area contributed by atoms with Crippen LogP contribution in [0.1, 0.15) is 17.3 Å². The smallest absolute Gasteiger partial charge is 0.273 e. The standard InChI is InChI=1S/C19H18N6O4S2/c1-10(26)11-5-4-6-12(9-11)21-17(27)15(24-25-19(30)23-20)16-18(28)22-13-7-2-3-8-14(13)31(16)29/h2-9,16H,20H2,1H3,(H,21,27)(H,22,28)(H2,23,25,30)/b24-15+/t16-,31+/m1/s1. The average Bonchev–Trinajstić information content (AvgIpc) is 2.75. The van der Waals surface area contributed by atoms with Crippen LogP contribution in [-0.2, 0) is 20.4 Å². The summed E-state index contributed by atoms with van der Waals surface area (Å²) in [6.45, 7) is 1.39. The van der Waals surface area contributed by atoms with E-state index in [-0.39, 0.29) is 16.6 Å². The van der Waals surface area contributed by atoms with Gasteiger partial charge in [-0.3, -0.25) is 29.4 Å². The van der Waals surface area contributed by atoms with E-state index in [9.17, 15) is 18.6 Å². The maximum absolute atomic E-state index is 13.1. The first-order valence-electron chi connectivity index (χ1n) is 8.88. The zero-order valence-corrected chi connectivity index (χ0v) is 17.8. The molecular weight excluding hydrogens is 440 g/mol. The Morgan fingerprint density at radius 3 is 2.65 bits per heavy atom. The molecule has 160 valence electrons. The van der Waals surface area contributed by atoms with Crippen LogP contribution in [0, 0.1) is 0 Å². The van der Waals surface area contributed by atoms with E-state index in [0.29, 0.717) is 21.8 Å². The molecule has 3 rings (SSSR count). The highest BCUT2D eigenvalue weighted by atomic mass is 32.2. The molecule has 0 aromatic heterocycles. The molecule has 0 radical (unpaired) electrons. The molecule has 10 nitrogen and oxygen atoms in total. The number of benzene rings is 2. The Kier molecular flexibility index (Phi) is 6.84. The summed E-state index contributed by atoms with van der Waals surface area (Å²) in [5.74, 6) is 3.55. The highest BCUT2D eigenvalue weighted by Gasteiger charge is 2.40. The number of hydrogen-bond donors (Lipinski definition) is 5. The molecule has 0 fully saturated rings. The first kappa shape index (κ1) is 22.2. The highest BCUT2D eigenvalue weighted by molar-refractivity contribution is 7.88. The van der Waals surface area contributed by atoms with Gasteiger partial charge in [-0.1, -0.05) is 24.3 Å². The van der Waals surface area contributed by atoms with Crippen molar-refractivity contribution in [1.29, 1.82) is 0 Å². The lowest BCUT2D eigenvalue weighted by Gasteiger charge is -2.24. The fourth-order valence-electron chi connectivity index (χ4n) is 2.78. The van der Waals surface area contributed by atoms with Crippen molar-refractivity contribution in [3.05, 3.63) is 54.1 Å². The molecule has 2 aromatic carbocycles. The topological polar surface area (TPSA) is 155 Å². The number of hydrazine groups is 1. The molecule has 1 heterocycles. The normalized spacial score (nSPS) is 17.7. The summed E-state index contributed by atoms with van der Waals surface area (Å²) in [6, 6.07) is 12.8. The third-order valence-electron chi connectivity index (χ3n) is 4.23. The number of para-hydroxylation sites is 1. The lowest BCUT2D eigenvalue weighted by atomic mass is 10.1. The molecule has 6 N–H and O–H groups in total. The number of amides is 2. The lowest BCUT2D eigenvalue weighted by Crippen LogP contribution is -2.48.